The van der Waals surface area contributed by atoms with Crippen LogP contribution in [0, 0.1) is 0 Å². The first kappa shape index (κ1) is 24.1. The van der Waals surface area contributed by atoms with Crippen molar-refractivity contribution in [3.63, 3.8) is 0 Å². The van der Waals surface area contributed by atoms with Gasteiger partial charge in [0.1, 0.15) is 0 Å². The van der Waals surface area contributed by atoms with Crippen molar-refractivity contribution >= 4 is 58.7 Å². The molecule has 1 N–H and O–H groups in total. The molecule has 0 spiro atoms. The first-order valence-corrected chi connectivity index (χ1v) is 12.7. The molecule has 1 fully saturated rings. The molecule has 1 aliphatic carbocycles. The number of amides is 1. The van der Waals surface area contributed by atoms with Crippen LogP contribution in [-0.2, 0) is 4.79 Å². The molecule has 1 aromatic heterocycles. The van der Waals surface area contributed by atoms with E-state index in [4.69, 9.17) is 34.8 Å². The number of hydrogen-bond acceptors (Lipinski definition) is 5. The van der Waals surface area contributed by atoms with Crippen LogP contribution >= 0.6 is 46.6 Å². The van der Waals surface area contributed by atoms with Gasteiger partial charge in [-0.1, -0.05) is 78.0 Å². The first-order chi connectivity index (χ1) is 16.0. The Morgan fingerprint density at radius 2 is 1.85 bits per heavy atom. The van der Waals surface area contributed by atoms with E-state index in [9.17, 15) is 4.79 Å². The third-order valence-electron chi connectivity index (χ3n) is 5.41. The molecule has 1 amide bonds. The first-order valence-electron chi connectivity index (χ1n) is 10.6. The zero-order valence-electron chi connectivity index (χ0n) is 17.7. The Morgan fingerprint density at radius 1 is 1.09 bits per heavy atom. The van der Waals surface area contributed by atoms with Crippen LogP contribution in [0.1, 0.15) is 43.7 Å². The van der Waals surface area contributed by atoms with Crippen LogP contribution in [0.25, 0.3) is 11.4 Å². The third-order valence-corrected chi connectivity index (χ3v) is 7.44. The van der Waals surface area contributed by atoms with Crippen molar-refractivity contribution in [2.24, 2.45) is 5.10 Å². The second-order valence-electron chi connectivity index (χ2n) is 7.70. The van der Waals surface area contributed by atoms with E-state index in [2.05, 4.69) is 25.3 Å². The fourth-order valence-corrected chi connectivity index (χ4v) is 5.08. The predicted octanol–water partition coefficient (Wildman–Crippen LogP) is 6.65. The molecule has 0 atom stereocenters. The van der Waals surface area contributed by atoms with Crippen molar-refractivity contribution in [3.05, 3.63) is 63.1 Å². The lowest BCUT2D eigenvalue weighted by Gasteiger charge is -2.25. The average Bonchev–Trinajstić information content (AvgIpc) is 3.25. The van der Waals surface area contributed by atoms with Gasteiger partial charge >= 0.3 is 0 Å². The van der Waals surface area contributed by atoms with Crippen molar-refractivity contribution in [1.29, 1.82) is 0 Å². The van der Waals surface area contributed by atoms with Crippen LogP contribution in [0.5, 0.6) is 0 Å². The number of hydrogen-bond donors (Lipinski definition) is 1. The summed E-state index contributed by atoms with van der Waals surface area (Å²) in [5.41, 5.74) is 4.11. The highest BCUT2D eigenvalue weighted by molar-refractivity contribution is 7.99. The molecule has 3 aromatic rings. The van der Waals surface area contributed by atoms with E-state index in [-0.39, 0.29) is 11.7 Å². The summed E-state index contributed by atoms with van der Waals surface area (Å²) >= 11 is 19.5. The number of benzene rings is 2. The minimum absolute atomic E-state index is 0.159. The SMILES string of the molecule is O=C(CSc1nnc(-c2ccc(Cl)cc2)n1C1CCCCC1)N/N=C\c1cccc(Cl)c1Cl. The van der Waals surface area contributed by atoms with Crippen molar-refractivity contribution in [1.82, 2.24) is 20.2 Å². The van der Waals surface area contributed by atoms with E-state index in [0.29, 0.717) is 26.7 Å². The molecule has 33 heavy (non-hydrogen) atoms. The number of halogens is 3. The van der Waals surface area contributed by atoms with Gasteiger partial charge in [-0.25, -0.2) is 5.43 Å². The fourth-order valence-electron chi connectivity index (χ4n) is 3.80. The van der Waals surface area contributed by atoms with E-state index < -0.39 is 0 Å². The van der Waals surface area contributed by atoms with E-state index in [1.165, 1.54) is 37.2 Å². The Bertz CT molecular complexity index is 1140. The largest absolute Gasteiger partial charge is 0.299 e. The van der Waals surface area contributed by atoms with Crippen LogP contribution in [0.4, 0.5) is 0 Å². The highest BCUT2D eigenvalue weighted by Crippen LogP contribution is 2.35. The van der Waals surface area contributed by atoms with Crippen LogP contribution in [0.15, 0.2) is 52.7 Å². The molecule has 0 aliphatic heterocycles. The molecular weight excluding hydrogens is 501 g/mol. The summed E-state index contributed by atoms with van der Waals surface area (Å²) in [6, 6.07) is 13.1. The lowest BCUT2D eigenvalue weighted by atomic mass is 9.95. The molecule has 4 rings (SSSR count). The van der Waals surface area contributed by atoms with Gasteiger partial charge < -0.3 is 0 Å². The minimum Gasteiger partial charge on any atom is -0.299 e. The van der Waals surface area contributed by atoms with Gasteiger partial charge in [-0.3, -0.25) is 9.36 Å². The quantitative estimate of drug-likeness (QED) is 0.214. The highest BCUT2D eigenvalue weighted by atomic mass is 35.5. The molecule has 0 unspecified atom stereocenters. The van der Waals surface area contributed by atoms with Gasteiger partial charge in [-0.05, 0) is 43.2 Å². The third kappa shape index (κ3) is 6.09. The molecule has 0 bridgehead atoms. The molecular formula is C23H22Cl3N5OS. The molecule has 6 nitrogen and oxygen atoms in total. The number of carbonyl (C=O) groups excluding carboxylic acids is 1. The summed E-state index contributed by atoms with van der Waals surface area (Å²) in [6.45, 7) is 0. The standard InChI is InChI=1S/C23H22Cl3N5OS/c24-17-11-9-15(10-12-17)22-29-30-23(31(22)18-6-2-1-3-7-18)33-14-20(32)28-27-13-16-5-4-8-19(25)21(16)26/h4-5,8-13,18H,1-3,6-7,14H2,(H,28,32)/b27-13-. The average molecular weight is 523 g/mol. The van der Waals surface area contributed by atoms with Crippen LogP contribution in [0.3, 0.4) is 0 Å². The normalized spacial score (nSPS) is 14.6. The molecule has 1 saturated carbocycles. The second-order valence-corrected chi connectivity index (χ2v) is 9.86. The van der Waals surface area contributed by atoms with Gasteiger partial charge in [0.25, 0.3) is 5.91 Å². The smallest absolute Gasteiger partial charge is 0.250 e. The Labute approximate surface area is 211 Å². The number of nitrogens with one attached hydrogen (secondary N) is 1. The number of rotatable bonds is 7. The van der Waals surface area contributed by atoms with Crippen LogP contribution in [0.2, 0.25) is 15.1 Å². The molecule has 1 heterocycles. The van der Waals surface area contributed by atoms with Crippen LogP contribution < -0.4 is 5.43 Å². The molecule has 10 heteroatoms. The Morgan fingerprint density at radius 3 is 2.61 bits per heavy atom. The summed E-state index contributed by atoms with van der Waals surface area (Å²) in [6.07, 6.45) is 7.21. The highest BCUT2D eigenvalue weighted by Gasteiger charge is 2.24. The lowest BCUT2D eigenvalue weighted by molar-refractivity contribution is -0.118. The van der Waals surface area contributed by atoms with Gasteiger partial charge in [0, 0.05) is 22.2 Å². The van der Waals surface area contributed by atoms with Crippen LogP contribution in [-0.4, -0.2) is 32.6 Å². The van der Waals surface area contributed by atoms with Gasteiger partial charge in [0.2, 0.25) is 0 Å². The van der Waals surface area contributed by atoms with E-state index in [1.54, 1.807) is 18.2 Å². The van der Waals surface area contributed by atoms with Gasteiger partial charge in [-0.15, -0.1) is 10.2 Å². The maximum absolute atomic E-state index is 12.4. The van der Waals surface area contributed by atoms with Gasteiger partial charge in [-0.2, -0.15) is 5.10 Å². The maximum atomic E-state index is 12.4. The summed E-state index contributed by atoms with van der Waals surface area (Å²) in [4.78, 5) is 12.4. The van der Waals surface area contributed by atoms with E-state index >= 15 is 0 Å². The summed E-state index contributed by atoms with van der Waals surface area (Å²) < 4.78 is 2.18. The van der Waals surface area contributed by atoms with Crippen molar-refractivity contribution < 1.29 is 4.79 Å². The number of carbonyl (C=O) groups is 1. The summed E-state index contributed by atoms with van der Waals surface area (Å²) in [5, 5.41) is 15.1. The number of thioether (sulfide) groups is 1. The van der Waals surface area contributed by atoms with Gasteiger partial charge in [0.05, 0.1) is 22.0 Å². The molecule has 0 radical (unpaired) electrons. The minimum atomic E-state index is -0.249. The molecule has 2 aromatic carbocycles. The Kier molecular flexibility index (Phi) is 8.30. The van der Waals surface area contributed by atoms with E-state index in [1.807, 2.05) is 24.3 Å². The molecule has 1 aliphatic rings. The maximum Gasteiger partial charge on any atom is 0.250 e. The zero-order valence-corrected chi connectivity index (χ0v) is 20.8. The summed E-state index contributed by atoms with van der Waals surface area (Å²) in [5.74, 6) is 0.710. The fraction of sp³-hybridized carbons (Fsp3) is 0.304. The number of hydrazone groups is 1. The number of aromatic nitrogens is 3. The van der Waals surface area contributed by atoms with E-state index in [0.717, 1.165) is 29.4 Å². The molecule has 0 saturated heterocycles. The lowest BCUT2D eigenvalue weighted by Crippen LogP contribution is -2.20. The van der Waals surface area contributed by atoms with Gasteiger partial charge in [0.15, 0.2) is 11.0 Å². The summed E-state index contributed by atoms with van der Waals surface area (Å²) in [7, 11) is 0. The van der Waals surface area contributed by atoms with Crippen molar-refractivity contribution in [3.8, 4) is 11.4 Å². The number of nitrogens with zero attached hydrogens (tertiary/aromatic N) is 4. The monoisotopic (exact) mass is 521 g/mol. The van der Waals surface area contributed by atoms with Crippen molar-refractivity contribution in [2.45, 2.75) is 43.3 Å². The Balaban J connectivity index is 1.46. The Hall–Kier alpha value is -2.06. The van der Waals surface area contributed by atoms with Crippen molar-refractivity contribution in [2.75, 3.05) is 5.75 Å². The zero-order chi connectivity index (χ0) is 23.2. The second kappa shape index (κ2) is 11.4. The predicted molar refractivity (Wildman–Crippen MR) is 136 cm³/mol. The topological polar surface area (TPSA) is 72.2 Å². The molecule has 172 valence electrons.